The van der Waals surface area contributed by atoms with Crippen LogP contribution in [0, 0.1) is 0 Å². The highest BCUT2D eigenvalue weighted by atomic mass is 16.2. The predicted octanol–water partition coefficient (Wildman–Crippen LogP) is 4.18. The normalized spacial score (nSPS) is 15.4. The van der Waals surface area contributed by atoms with Gasteiger partial charge in [0.1, 0.15) is 6.04 Å². The molecule has 1 atom stereocenters. The minimum Gasteiger partial charge on any atom is -0.327 e. The minimum atomic E-state index is -0.518. The van der Waals surface area contributed by atoms with Crippen molar-refractivity contribution < 1.29 is 14.4 Å². The van der Waals surface area contributed by atoms with Crippen molar-refractivity contribution in [1.29, 1.82) is 0 Å². The SMILES string of the molecule is O=C(Nc1cccc(NC(=O)C2CCCN2C(=O)c2ccccc2)c1)c1ccccc1. The van der Waals surface area contributed by atoms with E-state index in [0.29, 0.717) is 35.5 Å². The summed E-state index contributed by atoms with van der Waals surface area (Å²) >= 11 is 0. The maximum Gasteiger partial charge on any atom is 0.255 e. The number of likely N-dealkylation sites (tertiary alicyclic amines) is 1. The average Bonchev–Trinajstić information content (AvgIpc) is 3.30. The molecule has 1 aliphatic heterocycles. The van der Waals surface area contributed by atoms with E-state index in [2.05, 4.69) is 10.6 Å². The molecule has 6 nitrogen and oxygen atoms in total. The number of carbonyl (C=O) groups excluding carboxylic acids is 3. The van der Waals surface area contributed by atoms with Crippen LogP contribution >= 0.6 is 0 Å². The highest BCUT2D eigenvalue weighted by molar-refractivity contribution is 6.05. The van der Waals surface area contributed by atoms with Gasteiger partial charge in [0.15, 0.2) is 0 Å². The Labute approximate surface area is 180 Å². The molecule has 0 bridgehead atoms. The van der Waals surface area contributed by atoms with Gasteiger partial charge >= 0.3 is 0 Å². The van der Waals surface area contributed by atoms with E-state index in [9.17, 15) is 14.4 Å². The van der Waals surface area contributed by atoms with Crippen LogP contribution in [-0.2, 0) is 4.79 Å². The second-order valence-corrected chi connectivity index (χ2v) is 7.41. The Morgan fingerprint density at radius 2 is 1.35 bits per heavy atom. The molecule has 1 fully saturated rings. The number of nitrogens with zero attached hydrogens (tertiary/aromatic N) is 1. The van der Waals surface area contributed by atoms with E-state index in [4.69, 9.17) is 0 Å². The monoisotopic (exact) mass is 413 g/mol. The number of nitrogens with one attached hydrogen (secondary N) is 2. The Morgan fingerprint density at radius 3 is 2.03 bits per heavy atom. The summed E-state index contributed by atoms with van der Waals surface area (Å²) in [7, 11) is 0. The fraction of sp³-hybridized carbons (Fsp3) is 0.160. The molecule has 0 aliphatic carbocycles. The predicted molar refractivity (Wildman–Crippen MR) is 120 cm³/mol. The highest BCUT2D eigenvalue weighted by Gasteiger charge is 2.34. The summed E-state index contributed by atoms with van der Waals surface area (Å²) in [4.78, 5) is 39.7. The quantitative estimate of drug-likeness (QED) is 0.659. The van der Waals surface area contributed by atoms with Crippen molar-refractivity contribution in [3.8, 4) is 0 Å². The van der Waals surface area contributed by atoms with E-state index in [0.717, 1.165) is 6.42 Å². The van der Waals surface area contributed by atoms with Gasteiger partial charge in [-0.3, -0.25) is 14.4 Å². The molecule has 4 rings (SSSR count). The van der Waals surface area contributed by atoms with E-state index in [1.807, 2.05) is 24.3 Å². The van der Waals surface area contributed by atoms with E-state index in [1.165, 1.54) is 0 Å². The zero-order valence-corrected chi connectivity index (χ0v) is 17.0. The van der Waals surface area contributed by atoms with Gasteiger partial charge in [0.25, 0.3) is 11.8 Å². The largest absolute Gasteiger partial charge is 0.327 e. The summed E-state index contributed by atoms with van der Waals surface area (Å²) in [6.07, 6.45) is 1.40. The molecule has 1 saturated heterocycles. The van der Waals surface area contributed by atoms with Gasteiger partial charge in [-0.25, -0.2) is 0 Å². The van der Waals surface area contributed by atoms with Crippen LogP contribution in [0.5, 0.6) is 0 Å². The Hall–Kier alpha value is -3.93. The van der Waals surface area contributed by atoms with Crippen LogP contribution in [0.1, 0.15) is 33.6 Å². The number of amides is 3. The van der Waals surface area contributed by atoms with Gasteiger partial charge in [-0.1, -0.05) is 42.5 Å². The standard InChI is InChI=1S/C25H23N3O3/c29-23(18-9-3-1-4-10-18)26-20-13-7-14-21(17-20)27-24(30)22-15-8-16-28(22)25(31)19-11-5-2-6-12-19/h1-7,9-14,17,22H,8,15-16H2,(H,26,29)(H,27,30). The molecule has 31 heavy (non-hydrogen) atoms. The second kappa shape index (κ2) is 9.26. The summed E-state index contributed by atoms with van der Waals surface area (Å²) in [6.45, 7) is 0.555. The van der Waals surface area contributed by atoms with Crippen LogP contribution in [-0.4, -0.2) is 35.2 Å². The van der Waals surface area contributed by atoms with Gasteiger partial charge in [-0.2, -0.15) is 0 Å². The second-order valence-electron chi connectivity index (χ2n) is 7.41. The first-order chi connectivity index (χ1) is 15.1. The van der Waals surface area contributed by atoms with Crippen molar-refractivity contribution in [3.63, 3.8) is 0 Å². The molecule has 6 heteroatoms. The Kier molecular flexibility index (Phi) is 6.08. The van der Waals surface area contributed by atoms with Crippen molar-refractivity contribution in [1.82, 2.24) is 4.90 Å². The number of hydrogen-bond donors (Lipinski definition) is 2. The molecule has 3 aromatic rings. The van der Waals surface area contributed by atoms with Crippen molar-refractivity contribution in [2.45, 2.75) is 18.9 Å². The van der Waals surface area contributed by atoms with Crippen molar-refractivity contribution in [2.24, 2.45) is 0 Å². The van der Waals surface area contributed by atoms with Crippen molar-refractivity contribution >= 4 is 29.1 Å². The van der Waals surface area contributed by atoms with Crippen LogP contribution in [0.15, 0.2) is 84.9 Å². The fourth-order valence-corrected chi connectivity index (χ4v) is 3.72. The maximum absolute atomic E-state index is 12.9. The first-order valence-corrected chi connectivity index (χ1v) is 10.3. The van der Waals surface area contributed by atoms with E-state index in [1.54, 1.807) is 65.6 Å². The molecule has 156 valence electrons. The molecule has 0 spiro atoms. The summed E-state index contributed by atoms with van der Waals surface area (Å²) in [6, 6.07) is 24.4. The van der Waals surface area contributed by atoms with Crippen LogP contribution in [0.2, 0.25) is 0 Å². The van der Waals surface area contributed by atoms with Crippen LogP contribution < -0.4 is 10.6 Å². The summed E-state index contributed by atoms with van der Waals surface area (Å²) < 4.78 is 0. The molecule has 2 N–H and O–H groups in total. The Morgan fingerprint density at radius 1 is 0.742 bits per heavy atom. The summed E-state index contributed by atoms with van der Waals surface area (Å²) in [5, 5.41) is 5.72. The molecular formula is C25H23N3O3. The maximum atomic E-state index is 12.9. The topological polar surface area (TPSA) is 78.5 Å². The molecule has 0 aromatic heterocycles. The Bertz CT molecular complexity index is 1080. The van der Waals surface area contributed by atoms with E-state index in [-0.39, 0.29) is 17.7 Å². The molecular weight excluding hydrogens is 390 g/mol. The van der Waals surface area contributed by atoms with Gasteiger partial charge in [0, 0.05) is 29.0 Å². The van der Waals surface area contributed by atoms with E-state index < -0.39 is 6.04 Å². The molecule has 3 aromatic carbocycles. The molecule has 1 unspecified atom stereocenters. The van der Waals surface area contributed by atoms with Gasteiger partial charge in [0.2, 0.25) is 5.91 Å². The summed E-state index contributed by atoms with van der Waals surface area (Å²) in [5.74, 6) is -0.588. The van der Waals surface area contributed by atoms with Crippen molar-refractivity contribution in [2.75, 3.05) is 17.2 Å². The number of rotatable bonds is 5. The minimum absolute atomic E-state index is 0.137. The van der Waals surface area contributed by atoms with Crippen LogP contribution in [0.25, 0.3) is 0 Å². The van der Waals surface area contributed by atoms with E-state index >= 15 is 0 Å². The zero-order chi connectivity index (χ0) is 21.6. The lowest BCUT2D eigenvalue weighted by atomic mass is 10.1. The first-order valence-electron chi connectivity index (χ1n) is 10.3. The molecule has 3 amide bonds. The lowest BCUT2D eigenvalue weighted by molar-refractivity contribution is -0.119. The summed E-state index contributed by atoms with van der Waals surface area (Å²) in [5.41, 5.74) is 2.27. The smallest absolute Gasteiger partial charge is 0.255 e. The molecule has 0 radical (unpaired) electrons. The van der Waals surface area contributed by atoms with Crippen LogP contribution in [0.4, 0.5) is 11.4 Å². The van der Waals surface area contributed by atoms with Gasteiger partial charge < -0.3 is 15.5 Å². The third-order valence-electron chi connectivity index (χ3n) is 5.26. The number of benzene rings is 3. The zero-order valence-electron chi connectivity index (χ0n) is 17.0. The third-order valence-corrected chi connectivity index (χ3v) is 5.26. The number of carbonyl (C=O) groups is 3. The van der Waals surface area contributed by atoms with Crippen molar-refractivity contribution in [3.05, 3.63) is 96.1 Å². The third kappa shape index (κ3) is 4.80. The van der Waals surface area contributed by atoms with Gasteiger partial charge in [0.05, 0.1) is 0 Å². The molecule has 0 saturated carbocycles. The average molecular weight is 413 g/mol. The highest BCUT2D eigenvalue weighted by Crippen LogP contribution is 2.23. The number of anilines is 2. The van der Waals surface area contributed by atoms with Gasteiger partial charge in [-0.05, 0) is 55.3 Å². The Balaban J connectivity index is 1.43. The lowest BCUT2D eigenvalue weighted by Gasteiger charge is -2.24. The molecule has 1 aliphatic rings. The van der Waals surface area contributed by atoms with Gasteiger partial charge in [-0.15, -0.1) is 0 Å². The lowest BCUT2D eigenvalue weighted by Crippen LogP contribution is -2.43. The molecule has 1 heterocycles. The van der Waals surface area contributed by atoms with Crippen LogP contribution in [0.3, 0.4) is 0 Å². The fourth-order valence-electron chi connectivity index (χ4n) is 3.72. The first kappa shape index (κ1) is 20.3. The number of hydrogen-bond acceptors (Lipinski definition) is 3.